The fraction of sp³-hybridized carbons (Fsp3) is 0.200. The zero-order chi connectivity index (χ0) is 19.2. The van der Waals surface area contributed by atoms with Crippen molar-refractivity contribution in [2.75, 3.05) is 22.3 Å². The molecule has 3 aromatic heterocycles. The number of aryl methyl sites for hydroxylation is 1. The number of amides is 1. The van der Waals surface area contributed by atoms with Crippen molar-refractivity contribution in [3.8, 4) is 0 Å². The molecule has 27 heavy (non-hydrogen) atoms. The Bertz CT molecular complexity index is 951. The molecule has 1 amide bonds. The molecule has 0 bridgehead atoms. The van der Waals surface area contributed by atoms with Gasteiger partial charge in [0.2, 0.25) is 11.1 Å². The number of nitrogens with one attached hydrogen (secondary N) is 2. The molecule has 140 valence electrons. The van der Waals surface area contributed by atoms with Crippen LogP contribution >= 0.6 is 23.1 Å². The van der Waals surface area contributed by atoms with Gasteiger partial charge >= 0.3 is 0 Å². The maximum absolute atomic E-state index is 12.0. The molecule has 4 N–H and O–H groups in total. The van der Waals surface area contributed by atoms with Crippen molar-refractivity contribution in [1.82, 2.24) is 24.8 Å². The number of anilines is 2. The molecule has 0 aliphatic heterocycles. The largest absolute Gasteiger partial charge is 0.334 e. The Morgan fingerprint density at radius 1 is 1.41 bits per heavy atom. The lowest BCUT2D eigenvalue weighted by molar-refractivity contribution is -0.113. The molecule has 0 spiro atoms. The van der Waals surface area contributed by atoms with E-state index < -0.39 is 0 Å². The van der Waals surface area contributed by atoms with Crippen molar-refractivity contribution in [3.63, 3.8) is 0 Å². The minimum atomic E-state index is -0.198. The van der Waals surface area contributed by atoms with Crippen molar-refractivity contribution in [1.29, 1.82) is 0 Å². The first-order valence-electron chi connectivity index (χ1n) is 7.80. The number of aromatic nitrogens is 5. The number of hydrogen-bond acceptors (Lipinski definition) is 10. The predicted molar refractivity (Wildman–Crippen MR) is 106 cm³/mol. The Balaban J connectivity index is 1.56. The van der Waals surface area contributed by atoms with E-state index in [2.05, 4.69) is 36.0 Å². The molecule has 0 atom stereocenters. The molecule has 10 nitrogen and oxygen atoms in total. The van der Waals surface area contributed by atoms with Crippen LogP contribution < -0.4 is 16.6 Å². The highest BCUT2D eigenvalue weighted by Gasteiger charge is 2.13. The van der Waals surface area contributed by atoms with Gasteiger partial charge in [-0.25, -0.2) is 15.1 Å². The number of hydrazone groups is 1. The van der Waals surface area contributed by atoms with Gasteiger partial charge in [0.15, 0.2) is 5.13 Å². The first kappa shape index (κ1) is 18.8. The van der Waals surface area contributed by atoms with Gasteiger partial charge in [0.05, 0.1) is 22.9 Å². The Morgan fingerprint density at radius 2 is 2.26 bits per heavy atom. The minimum Gasteiger partial charge on any atom is -0.334 e. The first-order valence-corrected chi connectivity index (χ1v) is 9.66. The fourth-order valence-electron chi connectivity index (χ4n) is 1.92. The molecular formula is C15H17N9OS2. The second-order valence-corrected chi connectivity index (χ2v) is 7.13. The summed E-state index contributed by atoms with van der Waals surface area (Å²) >= 11 is 2.54. The highest BCUT2D eigenvalue weighted by Crippen LogP contribution is 2.18. The van der Waals surface area contributed by atoms with Crippen LogP contribution in [0.3, 0.4) is 0 Å². The van der Waals surface area contributed by atoms with E-state index in [1.54, 1.807) is 6.20 Å². The zero-order valence-corrected chi connectivity index (χ0v) is 16.2. The van der Waals surface area contributed by atoms with Crippen LogP contribution in [-0.4, -0.2) is 42.2 Å². The maximum Gasteiger partial charge on any atom is 0.264 e. The monoisotopic (exact) mass is 403 g/mol. The van der Waals surface area contributed by atoms with Gasteiger partial charge in [-0.2, -0.15) is 5.10 Å². The molecule has 0 aliphatic rings. The highest BCUT2D eigenvalue weighted by atomic mass is 32.2. The third-order valence-electron chi connectivity index (χ3n) is 3.22. The summed E-state index contributed by atoms with van der Waals surface area (Å²) in [4.78, 5) is 20.4. The molecule has 0 aromatic carbocycles. The minimum absolute atomic E-state index is 0.129. The predicted octanol–water partition coefficient (Wildman–Crippen LogP) is 1.72. The number of nitrogens with two attached hydrogens (primary N) is 1. The summed E-state index contributed by atoms with van der Waals surface area (Å²) in [5.74, 6) is 6.14. The van der Waals surface area contributed by atoms with Crippen LogP contribution in [0.15, 0.2) is 40.0 Å². The molecule has 0 unspecified atom stereocenters. The SMILES string of the molecule is C/C(=N\Nc1nnc(SCC(=O)Nc2nc(C)cs2)n1N)c1ccccn1. The van der Waals surface area contributed by atoms with Gasteiger partial charge < -0.3 is 11.2 Å². The van der Waals surface area contributed by atoms with Gasteiger partial charge in [0, 0.05) is 11.6 Å². The van der Waals surface area contributed by atoms with Crippen LogP contribution in [0.2, 0.25) is 0 Å². The van der Waals surface area contributed by atoms with E-state index in [1.807, 2.05) is 37.4 Å². The standard InChI is InChI=1S/C15H17N9OS2/c1-9-7-26-14(18-9)19-12(25)8-27-15-23-22-13(24(15)16)21-20-10(2)11-5-3-4-6-17-11/h3-7H,8,16H2,1-2H3,(H,21,22)(H,18,19,25)/b20-10+. The molecule has 0 fully saturated rings. The zero-order valence-electron chi connectivity index (χ0n) is 14.6. The summed E-state index contributed by atoms with van der Waals surface area (Å²) in [6, 6.07) is 5.55. The van der Waals surface area contributed by atoms with E-state index in [9.17, 15) is 4.79 Å². The highest BCUT2D eigenvalue weighted by molar-refractivity contribution is 7.99. The molecule has 3 aromatic rings. The summed E-state index contributed by atoms with van der Waals surface area (Å²) in [6.45, 7) is 3.68. The third-order valence-corrected chi connectivity index (χ3v) is 5.04. The van der Waals surface area contributed by atoms with Crippen LogP contribution in [0.5, 0.6) is 0 Å². The Hall–Kier alpha value is -2.99. The summed E-state index contributed by atoms with van der Waals surface area (Å²) < 4.78 is 1.24. The fourth-order valence-corrected chi connectivity index (χ4v) is 3.28. The van der Waals surface area contributed by atoms with Gasteiger partial charge in [0.1, 0.15) is 0 Å². The Kier molecular flexibility index (Phi) is 5.98. The van der Waals surface area contributed by atoms with Crippen molar-refractivity contribution >= 4 is 45.8 Å². The number of carbonyl (C=O) groups is 1. The van der Waals surface area contributed by atoms with Crippen LogP contribution in [0.25, 0.3) is 0 Å². The summed E-state index contributed by atoms with van der Waals surface area (Å²) in [5, 5.41) is 17.6. The summed E-state index contributed by atoms with van der Waals surface area (Å²) in [5.41, 5.74) is 5.02. The molecule has 0 saturated heterocycles. The van der Waals surface area contributed by atoms with Gasteiger partial charge in [-0.15, -0.1) is 21.5 Å². The smallest absolute Gasteiger partial charge is 0.264 e. The van der Waals surface area contributed by atoms with Gasteiger partial charge in [0.25, 0.3) is 5.95 Å². The number of hydrogen-bond donors (Lipinski definition) is 3. The topological polar surface area (TPSA) is 136 Å². The number of carbonyl (C=O) groups excluding carboxylic acids is 1. The molecule has 0 aliphatic carbocycles. The average Bonchev–Trinajstić information content (AvgIpc) is 3.24. The van der Waals surface area contributed by atoms with Crippen LogP contribution in [-0.2, 0) is 4.79 Å². The number of rotatable bonds is 7. The normalized spacial score (nSPS) is 11.4. The lowest BCUT2D eigenvalue weighted by Gasteiger charge is -2.04. The second-order valence-electron chi connectivity index (χ2n) is 5.33. The van der Waals surface area contributed by atoms with E-state index >= 15 is 0 Å². The van der Waals surface area contributed by atoms with Crippen molar-refractivity contribution < 1.29 is 4.79 Å². The van der Waals surface area contributed by atoms with Gasteiger partial charge in [-0.1, -0.05) is 17.8 Å². The number of nitrogens with zero attached hydrogens (tertiary/aromatic N) is 6. The lowest BCUT2D eigenvalue weighted by atomic mass is 10.3. The first-order chi connectivity index (χ1) is 13.0. The maximum atomic E-state index is 12.0. The number of nitrogen functional groups attached to an aromatic ring is 1. The second kappa shape index (κ2) is 8.60. The Morgan fingerprint density at radius 3 is 2.96 bits per heavy atom. The van der Waals surface area contributed by atoms with Crippen molar-refractivity contribution in [2.45, 2.75) is 19.0 Å². The van der Waals surface area contributed by atoms with E-state index in [0.717, 1.165) is 23.1 Å². The molecule has 12 heteroatoms. The van der Waals surface area contributed by atoms with E-state index in [1.165, 1.54) is 16.0 Å². The summed E-state index contributed by atoms with van der Waals surface area (Å²) in [7, 11) is 0. The number of thiazole rings is 1. The van der Waals surface area contributed by atoms with Crippen LogP contribution in [0.4, 0.5) is 11.1 Å². The van der Waals surface area contributed by atoms with Crippen LogP contribution in [0.1, 0.15) is 18.3 Å². The molecular weight excluding hydrogens is 386 g/mol. The van der Waals surface area contributed by atoms with E-state index in [-0.39, 0.29) is 17.6 Å². The summed E-state index contributed by atoms with van der Waals surface area (Å²) in [6.07, 6.45) is 1.69. The quantitative estimate of drug-likeness (QED) is 0.235. The number of pyridine rings is 1. The average molecular weight is 403 g/mol. The molecule has 3 rings (SSSR count). The van der Waals surface area contributed by atoms with E-state index in [4.69, 9.17) is 5.84 Å². The molecule has 3 heterocycles. The Labute approximate surface area is 163 Å². The third kappa shape index (κ3) is 5.01. The van der Waals surface area contributed by atoms with Crippen molar-refractivity contribution in [3.05, 3.63) is 41.2 Å². The van der Waals surface area contributed by atoms with Crippen LogP contribution in [0, 0.1) is 6.92 Å². The molecule has 0 saturated carbocycles. The van der Waals surface area contributed by atoms with Crippen molar-refractivity contribution in [2.24, 2.45) is 5.10 Å². The van der Waals surface area contributed by atoms with Gasteiger partial charge in [-0.3, -0.25) is 9.78 Å². The molecule has 0 radical (unpaired) electrons. The van der Waals surface area contributed by atoms with Gasteiger partial charge in [-0.05, 0) is 26.0 Å². The lowest BCUT2D eigenvalue weighted by Crippen LogP contribution is -2.17. The number of thioether (sulfide) groups is 1. The van der Waals surface area contributed by atoms with E-state index in [0.29, 0.717) is 16.0 Å².